The maximum Gasteiger partial charge on any atom is 0.324 e. The van der Waals surface area contributed by atoms with Gasteiger partial charge in [0.15, 0.2) is 0 Å². The van der Waals surface area contributed by atoms with Crippen molar-refractivity contribution >= 4 is 22.0 Å². The lowest BCUT2D eigenvalue weighted by molar-refractivity contribution is -0.121. The van der Waals surface area contributed by atoms with Crippen LogP contribution >= 0.6 is 0 Å². The van der Waals surface area contributed by atoms with Gasteiger partial charge in [-0.15, -0.1) is 0 Å². The minimum absolute atomic E-state index is 0.123. The Morgan fingerprint density at radius 1 is 1.38 bits per heavy atom. The number of rotatable bonds is 12. The van der Waals surface area contributed by atoms with E-state index in [2.05, 4.69) is 10.0 Å². The van der Waals surface area contributed by atoms with Crippen LogP contribution in [0.1, 0.15) is 32.3 Å². The highest BCUT2D eigenvalue weighted by molar-refractivity contribution is 7.89. The van der Waals surface area contributed by atoms with Gasteiger partial charge in [-0.05, 0) is 31.0 Å². The maximum atomic E-state index is 13.0. The molecule has 1 heterocycles. The molecule has 0 radical (unpaired) electrons. The number of benzene rings is 1. The summed E-state index contributed by atoms with van der Waals surface area (Å²) >= 11 is 0. The van der Waals surface area contributed by atoms with Gasteiger partial charge in [-0.1, -0.05) is 31.2 Å². The number of hydrogen-bond acceptors (Lipinski definition) is 6. The van der Waals surface area contributed by atoms with Crippen LogP contribution in [0.2, 0.25) is 0 Å². The van der Waals surface area contributed by atoms with Gasteiger partial charge in [0.05, 0.1) is 5.75 Å². The lowest BCUT2D eigenvalue weighted by Crippen LogP contribution is -2.49. The Morgan fingerprint density at radius 2 is 2.12 bits per heavy atom. The average Bonchev–Trinajstić information content (AvgIpc) is 2.75. The number of alkyl halides is 1. The van der Waals surface area contributed by atoms with E-state index in [4.69, 9.17) is 4.74 Å². The summed E-state index contributed by atoms with van der Waals surface area (Å²) in [6, 6.07) is 5.99. The van der Waals surface area contributed by atoms with Gasteiger partial charge in [0.1, 0.15) is 24.1 Å². The molecule has 11 heteroatoms. The van der Waals surface area contributed by atoms with Crippen molar-refractivity contribution in [2.45, 2.75) is 38.5 Å². The summed E-state index contributed by atoms with van der Waals surface area (Å²) in [7, 11) is -3.74. The molecule has 3 amide bonds. The first-order valence-corrected chi connectivity index (χ1v) is 12.0. The minimum Gasteiger partial charge on any atom is -0.491 e. The minimum atomic E-state index is -3.74. The highest BCUT2D eigenvalue weighted by atomic mass is 32.2. The summed E-state index contributed by atoms with van der Waals surface area (Å²) in [6.07, 6.45) is 2.23. The van der Waals surface area contributed by atoms with Crippen molar-refractivity contribution in [2.75, 3.05) is 32.0 Å². The first kappa shape index (κ1) is 25.8. The van der Waals surface area contributed by atoms with Crippen LogP contribution in [-0.4, -0.2) is 68.5 Å². The maximum absolute atomic E-state index is 13.0. The molecule has 9 nitrogen and oxygen atoms in total. The molecule has 1 saturated heterocycles. The Hall–Kier alpha value is -2.50. The Labute approximate surface area is 187 Å². The van der Waals surface area contributed by atoms with Crippen molar-refractivity contribution in [1.82, 2.24) is 14.9 Å². The molecular weight excluding hydrogens is 441 g/mol. The predicted molar refractivity (Wildman–Crippen MR) is 117 cm³/mol. The number of ether oxygens (including phenoxy) is 1. The lowest BCUT2D eigenvalue weighted by atomic mass is 9.91. The first-order valence-electron chi connectivity index (χ1n) is 10.4. The third-order valence-electron chi connectivity index (χ3n) is 4.97. The molecule has 1 unspecified atom stereocenters. The highest BCUT2D eigenvalue weighted by Gasteiger charge is 2.29. The number of carbonyl (C=O) groups excluding carboxylic acids is 2. The second kappa shape index (κ2) is 11.4. The molecule has 0 spiro atoms. The number of amides is 3. The Bertz CT molecular complexity index is 937. The number of carbonyl (C=O) groups is 2. The molecule has 0 aromatic heterocycles. The van der Waals surface area contributed by atoms with E-state index in [0.717, 1.165) is 0 Å². The van der Waals surface area contributed by atoms with Crippen molar-refractivity contribution in [3.05, 3.63) is 42.0 Å². The standard InChI is InChI=1S/C21H30FN3O6S/c1-3-21(28,17-7-6-8-18(13-17)31-14-16(2)22)15-23-32(29,30)12-5-4-10-25-11-9-19(26)24-20(25)27/h4-8,13,16,23,28H,3,9-12,14-15H2,1-2H3,(H,24,26,27)/b5-4+/t16?,21-/m1/s1. The van der Waals surface area contributed by atoms with Crippen LogP contribution in [0.5, 0.6) is 5.75 Å². The average molecular weight is 472 g/mol. The molecule has 0 saturated carbocycles. The topological polar surface area (TPSA) is 125 Å². The number of sulfonamides is 1. The highest BCUT2D eigenvalue weighted by Crippen LogP contribution is 2.27. The van der Waals surface area contributed by atoms with Crippen LogP contribution in [0.15, 0.2) is 36.4 Å². The zero-order valence-electron chi connectivity index (χ0n) is 18.2. The third kappa shape index (κ3) is 7.88. The number of imide groups is 1. The number of urea groups is 1. The summed E-state index contributed by atoms with van der Waals surface area (Å²) in [5.41, 5.74) is -1.02. The zero-order valence-corrected chi connectivity index (χ0v) is 19.0. The van der Waals surface area contributed by atoms with Crippen molar-refractivity contribution in [3.8, 4) is 5.75 Å². The SMILES string of the molecule is CC[C@@](O)(CNS(=O)(=O)C/C=C/CN1CCC(=O)NC1=O)c1cccc(OCC(C)F)c1. The van der Waals surface area contributed by atoms with Gasteiger partial charge in [-0.25, -0.2) is 22.3 Å². The molecule has 1 aliphatic rings. The monoisotopic (exact) mass is 471 g/mol. The van der Waals surface area contributed by atoms with Crippen LogP contribution in [0, 0.1) is 0 Å². The van der Waals surface area contributed by atoms with Crippen LogP contribution in [0.3, 0.4) is 0 Å². The van der Waals surface area contributed by atoms with Crippen molar-refractivity contribution in [3.63, 3.8) is 0 Å². The third-order valence-corrected chi connectivity index (χ3v) is 6.19. The normalized spacial score (nSPS) is 17.8. The van der Waals surface area contributed by atoms with Crippen LogP contribution in [-0.2, 0) is 20.4 Å². The number of hydrogen-bond donors (Lipinski definition) is 3. The number of halogens is 1. The van der Waals surface area contributed by atoms with Crippen molar-refractivity contribution in [1.29, 1.82) is 0 Å². The fraction of sp³-hybridized carbons (Fsp3) is 0.524. The van der Waals surface area contributed by atoms with Crippen molar-refractivity contribution in [2.24, 2.45) is 0 Å². The summed E-state index contributed by atoms with van der Waals surface area (Å²) in [5.74, 6) is -0.286. The van der Waals surface area contributed by atoms with Crippen LogP contribution in [0.4, 0.5) is 9.18 Å². The van der Waals surface area contributed by atoms with Gasteiger partial charge in [-0.2, -0.15) is 0 Å². The number of aliphatic hydroxyl groups is 1. The van der Waals surface area contributed by atoms with Gasteiger partial charge >= 0.3 is 6.03 Å². The van der Waals surface area contributed by atoms with Crippen molar-refractivity contribution < 1.29 is 32.2 Å². The molecular formula is C21H30FN3O6S. The van der Waals surface area contributed by atoms with E-state index in [1.807, 2.05) is 0 Å². The van der Waals surface area contributed by atoms with E-state index in [1.54, 1.807) is 31.2 Å². The lowest BCUT2D eigenvalue weighted by Gasteiger charge is -2.28. The molecule has 2 atom stereocenters. The number of nitrogens with one attached hydrogen (secondary N) is 2. The quantitative estimate of drug-likeness (QED) is 0.396. The molecule has 1 aromatic carbocycles. The fourth-order valence-corrected chi connectivity index (χ4v) is 3.94. The van der Waals surface area contributed by atoms with E-state index < -0.39 is 27.8 Å². The zero-order chi connectivity index (χ0) is 23.8. The molecule has 0 bridgehead atoms. The molecule has 1 aliphatic heterocycles. The van der Waals surface area contributed by atoms with Gasteiger partial charge < -0.3 is 14.7 Å². The molecule has 1 aromatic rings. The van der Waals surface area contributed by atoms with Gasteiger partial charge in [0.25, 0.3) is 0 Å². The van der Waals surface area contributed by atoms with E-state index in [0.29, 0.717) is 11.3 Å². The van der Waals surface area contributed by atoms with Gasteiger partial charge in [-0.3, -0.25) is 10.1 Å². The molecule has 32 heavy (non-hydrogen) atoms. The van der Waals surface area contributed by atoms with Crippen LogP contribution < -0.4 is 14.8 Å². The predicted octanol–water partition coefficient (Wildman–Crippen LogP) is 1.44. The van der Waals surface area contributed by atoms with E-state index >= 15 is 0 Å². The molecule has 3 N–H and O–H groups in total. The second-order valence-electron chi connectivity index (χ2n) is 7.63. The van der Waals surface area contributed by atoms with E-state index in [-0.39, 0.29) is 50.7 Å². The largest absolute Gasteiger partial charge is 0.491 e. The smallest absolute Gasteiger partial charge is 0.324 e. The van der Waals surface area contributed by atoms with Crippen LogP contribution in [0.25, 0.3) is 0 Å². The Balaban J connectivity index is 1.92. The molecule has 0 aliphatic carbocycles. The summed E-state index contributed by atoms with van der Waals surface area (Å²) in [5, 5.41) is 13.2. The molecule has 1 fully saturated rings. The summed E-state index contributed by atoms with van der Waals surface area (Å²) < 4.78 is 45.5. The Morgan fingerprint density at radius 3 is 2.78 bits per heavy atom. The fourth-order valence-electron chi connectivity index (χ4n) is 2.98. The van der Waals surface area contributed by atoms with Gasteiger partial charge in [0, 0.05) is 26.1 Å². The molecule has 2 rings (SSSR count). The molecule has 178 valence electrons. The second-order valence-corrected chi connectivity index (χ2v) is 9.48. The van der Waals surface area contributed by atoms with Gasteiger partial charge in [0.2, 0.25) is 15.9 Å². The van der Waals surface area contributed by atoms with E-state index in [1.165, 1.54) is 24.0 Å². The Kier molecular flexibility index (Phi) is 9.17. The summed E-state index contributed by atoms with van der Waals surface area (Å²) in [4.78, 5) is 24.2. The van der Waals surface area contributed by atoms with E-state index in [9.17, 15) is 27.5 Å². The number of nitrogens with zero attached hydrogens (tertiary/aromatic N) is 1. The first-order chi connectivity index (χ1) is 15.0. The summed E-state index contributed by atoms with van der Waals surface area (Å²) in [6.45, 7) is 3.17.